The average Bonchev–Trinajstić information content (AvgIpc) is 2.45. The predicted octanol–water partition coefficient (Wildman–Crippen LogP) is 4.90. The molecule has 2 heteroatoms. The number of aliphatic hydroxyl groups is 1. The topological polar surface area (TPSA) is 29.5 Å². The molecule has 0 aliphatic heterocycles. The number of para-hydroxylation sites is 1. The molecule has 1 N–H and O–H groups in total. The van der Waals surface area contributed by atoms with Crippen molar-refractivity contribution in [1.82, 2.24) is 0 Å². The maximum atomic E-state index is 9.53. The Hall–Kier alpha value is -2.06. The third kappa shape index (κ3) is 4.47. The van der Waals surface area contributed by atoms with Crippen molar-refractivity contribution in [1.29, 1.82) is 0 Å². The fourth-order valence-electron chi connectivity index (χ4n) is 1.99. The molecule has 0 unspecified atom stereocenters. The Morgan fingerprint density at radius 1 is 1.00 bits per heavy atom. The van der Waals surface area contributed by atoms with Gasteiger partial charge in [-0.1, -0.05) is 57.2 Å². The van der Waals surface area contributed by atoms with E-state index in [1.54, 1.807) is 0 Å². The molecule has 0 saturated carbocycles. The minimum absolute atomic E-state index is 0.0506. The zero-order valence-electron chi connectivity index (χ0n) is 12.8. The Bertz CT molecular complexity index is 607. The summed E-state index contributed by atoms with van der Waals surface area (Å²) >= 11 is 0. The standard InChI is InChI=1S/C19H22O2/c1-19(2,3)16(14-20)12-15-8-7-11-18(13-15)21-17-9-5-4-6-10-17/h4-13,20H,14H2,1-3H3/b16-12+. The number of hydrogen-bond donors (Lipinski definition) is 1. The van der Waals surface area contributed by atoms with E-state index in [1.807, 2.05) is 60.7 Å². The minimum atomic E-state index is -0.0506. The van der Waals surface area contributed by atoms with Crippen LogP contribution in [0.2, 0.25) is 0 Å². The largest absolute Gasteiger partial charge is 0.457 e. The number of rotatable bonds is 4. The monoisotopic (exact) mass is 282 g/mol. The highest BCUT2D eigenvalue weighted by Gasteiger charge is 2.15. The summed E-state index contributed by atoms with van der Waals surface area (Å²) in [6.45, 7) is 6.35. The molecule has 0 radical (unpaired) electrons. The first kappa shape index (κ1) is 15.3. The molecule has 110 valence electrons. The number of benzene rings is 2. The van der Waals surface area contributed by atoms with Gasteiger partial charge in [0, 0.05) is 0 Å². The molecule has 2 aromatic carbocycles. The second kappa shape index (κ2) is 6.59. The van der Waals surface area contributed by atoms with Crippen LogP contribution in [0.1, 0.15) is 26.3 Å². The molecule has 2 aromatic rings. The molecule has 0 fully saturated rings. The average molecular weight is 282 g/mol. The van der Waals surface area contributed by atoms with Gasteiger partial charge in [0.2, 0.25) is 0 Å². The van der Waals surface area contributed by atoms with Gasteiger partial charge in [-0.25, -0.2) is 0 Å². The lowest BCUT2D eigenvalue weighted by molar-refractivity contribution is 0.298. The van der Waals surface area contributed by atoms with E-state index in [-0.39, 0.29) is 12.0 Å². The second-order valence-electron chi connectivity index (χ2n) is 6.07. The van der Waals surface area contributed by atoms with Crippen molar-refractivity contribution in [2.45, 2.75) is 20.8 Å². The van der Waals surface area contributed by atoms with Crippen molar-refractivity contribution >= 4 is 6.08 Å². The Kier molecular flexibility index (Phi) is 4.81. The van der Waals surface area contributed by atoms with E-state index >= 15 is 0 Å². The molecular formula is C19H22O2. The lowest BCUT2D eigenvalue weighted by Crippen LogP contribution is -2.12. The van der Waals surface area contributed by atoms with Gasteiger partial charge in [-0.05, 0) is 40.8 Å². The van der Waals surface area contributed by atoms with Gasteiger partial charge in [0.05, 0.1) is 6.61 Å². The molecule has 0 spiro atoms. The lowest BCUT2D eigenvalue weighted by atomic mass is 9.86. The highest BCUT2D eigenvalue weighted by atomic mass is 16.5. The van der Waals surface area contributed by atoms with Gasteiger partial charge >= 0.3 is 0 Å². The quantitative estimate of drug-likeness (QED) is 0.864. The van der Waals surface area contributed by atoms with E-state index in [0.29, 0.717) is 0 Å². The molecule has 0 aliphatic rings. The van der Waals surface area contributed by atoms with Crippen molar-refractivity contribution in [2.24, 2.45) is 5.41 Å². The minimum Gasteiger partial charge on any atom is -0.457 e. The first-order chi connectivity index (χ1) is 9.99. The van der Waals surface area contributed by atoms with Crippen LogP contribution in [-0.4, -0.2) is 11.7 Å². The van der Waals surface area contributed by atoms with Gasteiger partial charge in [-0.2, -0.15) is 0 Å². The van der Waals surface area contributed by atoms with Crippen molar-refractivity contribution in [3.8, 4) is 11.5 Å². The molecular weight excluding hydrogens is 260 g/mol. The molecule has 0 atom stereocenters. The van der Waals surface area contributed by atoms with Crippen LogP contribution in [0.3, 0.4) is 0 Å². The molecule has 0 heterocycles. The highest BCUT2D eigenvalue weighted by Crippen LogP contribution is 2.28. The van der Waals surface area contributed by atoms with E-state index < -0.39 is 0 Å². The normalized spacial score (nSPS) is 12.3. The van der Waals surface area contributed by atoms with Crippen LogP contribution in [0.4, 0.5) is 0 Å². The van der Waals surface area contributed by atoms with E-state index in [2.05, 4.69) is 20.8 Å². The molecule has 2 rings (SSSR count). The number of ether oxygens (including phenoxy) is 1. The van der Waals surface area contributed by atoms with Crippen molar-refractivity contribution < 1.29 is 9.84 Å². The number of hydrogen-bond acceptors (Lipinski definition) is 2. The zero-order valence-corrected chi connectivity index (χ0v) is 12.8. The summed E-state index contributed by atoms with van der Waals surface area (Å²) in [7, 11) is 0. The third-order valence-electron chi connectivity index (χ3n) is 3.31. The van der Waals surface area contributed by atoms with Gasteiger partial charge in [0.15, 0.2) is 0 Å². The van der Waals surface area contributed by atoms with Crippen LogP contribution >= 0.6 is 0 Å². The second-order valence-corrected chi connectivity index (χ2v) is 6.07. The third-order valence-corrected chi connectivity index (χ3v) is 3.31. The molecule has 2 nitrogen and oxygen atoms in total. The van der Waals surface area contributed by atoms with E-state index in [9.17, 15) is 5.11 Å². The fraction of sp³-hybridized carbons (Fsp3) is 0.263. The van der Waals surface area contributed by atoms with Crippen LogP contribution < -0.4 is 4.74 Å². The molecule has 0 aromatic heterocycles. The van der Waals surface area contributed by atoms with Gasteiger partial charge < -0.3 is 9.84 Å². The Morgan fingerprint density at radius 3 is 2.29 bits per heavy atom. The van der Waals surface area contributed by atoms with Crippen molar-refractivity contribution in [3.05, 3.63) is 65.7 Å². The van der Waals surface area contributed by atoms with Crippen LogP contribution in [0.5, 0.6) is 11.5 Å². The summed E-state index contributed by atoms with van der Waals surface area (Å²) in [6.07, 6.45) is 2.03. The molecule has 0 aliphatic carbocycles. The van der Waals surface area contributed by atoms with E-state index in [4.69, 9.17) is 4.74 Å². The maximum Gasteiger partial charge on any atom is 0.128 e. The van der Waals surface area contributed by atoms with Gasteiger partial charge in [-0.3, -0.25) is 0 Å². The Balaban J connectivity index is 2.24. The summed E-state index contributed by atoms with van der Waals surface area (Å²) in [6, 6.07) is 17.6. The highest BCUT2D eigenvalue weighted by molar-refractivity contribution is 5.56. The summed E-state index contributed by atoms with van der Waals surface area (Å²) < 4.78 is 5.83. The van der Waals surface area contributed by atoms with Crippen LogP contribution in [0.25, 0.3) is 6.08 Å². The summed E-state index contributed by atoms with van der Waals surface area (Å²) in [4.78, 5) is 0. The van der Waals surface area contributed by atoms with E-state index in [1.165, 1.54) is 0 Å². The molecule has 21 heavy (non-hydrogen) atoms. The summed E-state index contributed by atoms with van der Waals surface area (Å²) in [5, 5.41) is 9.53. The van der Waals surface area contributed by atoms with Gasteiger partial charge in [-0.15, -0.1) is 0 Å². The fourth-order valence-corrected chi connectivity index (χ4v) is 1.99. The summed E-state index contributed by atoms with van der Waals surface area (Å²) in [5.74, 6) is 1.61. The van der Waals surface area contributed by atoms with Crippen molar-refractivity contribution in [3.63, 3.8) is 0 Å². The Labute approximate surface area is 126 Å². The first-order valence-corrected chi connectivity index (χ1v) is 7.14. The van der Waals surface area contributed by atoms with Crippen LogP contribution in [0, 0.1) is 5.41 Å². The predicted molar refractivity (Wildman–Crippen MR) is 87.5 cm³/mol. The van der Waals surface area contributed by atoms with E-state index in [0.717, 1.165) is 22.6 Å². The number of aliphatic hydroxyl groups excluding tert-OH is 1. The van der Waals surface area contributed by atoms with Gasteiger partial charge in [0.1, 0.15) is 11.5 Å². The smallest absolute Gasteiger partial charge is 0.128 e. The SMILES string of the molecule is CC(C)(C)/C(=C/c1cccc(Oc2ccccc2)c1)CO. The zero-order chi connectivity index (χ0) is 15.3. The molecule has 0 saturated heterocycles. The summed E-state index contributed by atoms with van der Waals surface area (Å²) in [5.41, 5.74) is 1.98. The maximum absolute atomic E-state index is 9.53. The van der Waals surface area contributed by atoms with Crippen LogP contribution in [-0.2, 0) is 0 Å². The molecule has 0 amide bonds. The van der Waals surface area contributed by atoms with Crippen molar-refractivity contribution in [2.75, 3.05) is 6.61 Å². The lowest BCUT2D eigenvalue weighted by Gasteiger charge is -2.21. The Morgan fingerprint density at radius 2 is 1.67 bits per heavy atom. The molecule has 0 bridgehead atoms. The first-order valence-electron chi connectivity index (χ1n) is 7.14. The van der Waals surface area contributed by atoms with Gasteiger partial charge in [0.25, 0.3) is 0 Å². The van der Waals surface area contributed by atoms with Crippen LogP contribution in [0.15, 0.2) is 60.2 Å².